The van der Waals surface area contributed by atoms with Crippen LogP contribution in [0.3, 0.4) is 0 Å². The molecule has 3 heterocycles. The highest BCUT2D eigenvalue weighted by Crippen LogP contribution is 2.49. The molecule has 4 aromatic carbocycles. The molecule has 5 heteroatoms. The molecule has 2 aliphatic heterocycles. The highest BCUT2D eigenvalue weighted by Gasteiger charge is 2.39. The molecule has 0 fully saturated rings. The molecule has 2 aliphatic rings. The molecule has 35 heavy (non-hydrogen) atoms. The van der Waals surface area contributed by atoms with Gasteiger partial charge in [-0.1, -0.05) is 71.8 Å². The molecule has 0 spiro atoms. The van der Waals surface area contributed by atoms with E-state index < -0.39 is 6.17 Å². The molecule has 0 bridgehead atoms. The summed E-state index contributed by atoms with van der Waals surface area (Å²) in [5.41, 5.74) is 7.74. The van der Waals surface area contributed by atoms with E-state index in [1.54, 1.807) is 0 Å². The van der Waals surface area contributed by atoms with Gasteiger partial charge in [-0.3, -0.25) is 9.36 Å². The fraction of sp³-hybridized carbons (Fsp3) is 0.0667. The van der Waals surface area contributed by atoms with Gasteiger partial charge in [-0.05, 0) is 60.5 Å². The second-order valence-electron chi connectivity index (χ2n) is 9.06. The Hall–Kier alpha value is -4.15. The summed E-state index contributed by atoms with van der Waals surface area (Å²) in [6.45, 7) is 2.00. The molecular formula is C30H20ClN3O. The van der Waals surface area contributed by atoms with Gasteiger partial charge in [0.2, 0.25) is 0 Å². The van der Waals surface area contributed by atoms with Crippen LogP contribution in [-0.4, -0.2) is 9.55 Å². The van der Waals surface area contributed by atoms with E-state index in [0.717, 1.165) is 39.2 Å². The molecule has 1 atom stereocenters. The van der Waals surface area contributed by atoms with E-state index in [0.29, 0.717) is 21.7 Å². The number of aromatic nitrogens is 2. The van der Waals surface area contributed by atoms with Crippen molar-refractivity contribution in [1.29, 1.82) is 0 Å². The normalized spacial score (nSPS) is 15.7. The van der Waals surface area contributed by atoms with Crippen LogP contribution in [0.2, 0.25) is 5.02 Å². The predicted molar refractivity (Wildman–Crippen MR) is 143 cm³/mol. The number of fused-ring (bicyclic) bond motifs is 9. The number of hydrogen-bond acceptors (Lipinski definition) is 3. The van der Waals surface area contributed by atoms with Gasteiger partial charge in [-0.2, -0.15) is 0 Å². The molecule has 0 saturated heterocycles. The Kier molecular flexibility index (Phi) is 4.29. The average molecular weight is 474 g/mol. The first kappa shape index (κ1) is 20.2. The van der Waals surface area contributed by atoms with Crippen molar-refractivity contribution in [1.82, 2.24) is 9.55 Å². The summed E-state index contributed by atoms with van der Waals surface area (Å²) in [4.78, 5) is 21.5. The lowest BCUT2D eigenvalue weighted by atomic mass is 9.91. The zero-order valence-corrected chi connectivity index (χ0v) is 19.7. The number of rotatable bonds is 1. The van der Waals surface area contributed by atoms with Gasteiger partial charge < -0.3 is 4.90 Å². The van der Waals surface area contributed by atoms with Crippen molar-refractivity contribution in [2.75, 3.05) is 4.90 Å². The van der Waals surface area contributed by atoms with Gasteiger partial charge in [0.15, 0.2) is 0 Å². The van der Waals surface area contributed by atoms with Crippen molar-refractivity contribution < 1.29 is 0 Å². The van der Waals surface area contributed by atoms with Gasteiger partial charge in [0.05, 0.1) is 22.3 Å². The van der Waals surface area contributed by atoms with Crippen LogP contribution in [0.1, 0.15) is 28.4 Å². The predicted octanol–water partition coefficient (Wildman–Crippen LogP) is 6.90. The van der Waals surface area contributed by atoms with Crippen LogP contribution in [0.4, 0.5) is 5.69 Å². The quantitative estimate of drug-likeness (QED) is 0.265. The van der Waals surface area contributed by atoms with E-state index in [1.165, 1.54) is 0 Å². The lowest BCUT2D eigenvalue weighted by molar-refractivity contribution is 0.562. The lowest BCUT2D eigenvalue weighted by Crippen LogP contribution is -2.43. The van der Waals surface area contributed by atoms with Gasteiger partial charge in [0, 0.05) is 16.1 Å². The van der Waals surface area contributed by atoms with Gasteiger partial charge in [-0.25, -0.2) is 4.98 Å². The second-order valence-corrected chi connectivity index (χ2v) is 9.50. The number of nitrogens with zero attached hydrogens (tertiary/aromatic N) is 3. The van der Waals surface area contributed by atoms with Crippen LogP contribution < -0.4 is 10.5 Å². The average Bonchev–Trinajstić information content (AvgIpc) is 2.89. The largest absolute Gasteiger partial charge is 0.315 e. The fourth-order valence-electron chi connectivity index (χ4n) is 5.34. The Balaban J connectivity index is 1.64. The Morgan fingerprint density at radius 2 is 1.69 bits per heavy atom. The fourth-order valence-corrected chi connectivity index (χ4v) is 5.52. The second kappa shape index (κ2) is 7.42. The van der Waals surface area contributed by atoms with E-state index in [-0.39, 0.29) is 5.56 Å². The summed E-state index contributed by atoms with van der Waals surface area (Å²) in [5.74, 6) is 0.679. The molecule has 0 N–H and O–H groups in total. The zero-order valence-electron chi connectivity index (χ0n) is 18.9. The monoisotopic (exact) mass is 473 g/mol. The van der Waals surface area contributed by atoms with Gasteiger partial charge in [0.25, 0.3) is 5.56 Å². The molecule has 1 aromatic heterocycles. The third-order valence-electron chi connectivity index (χ3n) is 6.90. The first-order valence-corrected chi connectivity index (χ1v) is 12.0. The molecule has 0 amide bonds. The maximum Gasteiger partial charge on any atom is 0.263 e. The lowest BCUT2D eigenvalue weighted by Gasteiger charge is -2.44. The molecule has 168 valence electrons. The van der Waals surface area contributed by atoms with Crippen LogP contribution in [0, 0.1) is 6.92 Å². The highest BCUT2D eigenvalue weighted by molar-refractivity contribution is 6.30. The Bertz CT molecular complexity index is 1750. The van der Waals surface area contributed by atoms with E-state index in [9.17, 15) is 4.79 Å². The van der Waals surface area contributed by atoms with Crippen molar-refractivity contribution in [2.45, 2.75) is 13.1 Å². The summed E-state index contributed by atoms with van der Waals surface area (Å²) in [6, 6.07) is 30.2. The minimum Gasteiger partial charge on any atom is -0.315 e. The highest BCUT2D eigenvalue weighted by atomic mass is 35.5. The summed E-state index contributed by atoms with van der Waals surface area (Å²) >= 11 is 6.43. The Morgan fingerprint density at radius 3 is 2.54 bits per heavy atom. The summed E-state index contributed by atoms with van der Waals surface area (Å²) in [7, 11) is 0. The van der Waals surface area contributed by atoms with Gasteiger partial charge >= 0.3 is 0 Å². The van der Waals surface area contributed by atoms with Crippen LogP contribution in [0.15, 0.2) is 95.8 Å². The van der Waals surface area contributed by atoms with Crippen LogP contribution >= 0.6 is 11.6 Å². The first-order valence-electron chi connectivity index (χ1n) is 11.6. The number of hydrogen-bond donors (Lipinski definition) is 0. The van der Waals surface area contributed by atoms with Crippen molar-refractivity contribution in [3.05, 3.63) is 129 Å². The van der Waals surface area contributed by atoms with Gasteiger partial charge in [0.1, 0.15) is 12.0 Å². The summed E-state index contributed by atoms with van der Waals surface area (Å²) < 4.78 is 1.85. The minimum absolute atomic E-state index is 0.0478. The maximum atomic E-state index is 14.2. The zero-order chi connectivity index (χ0) is 23.7. The maximum absolute atomic E-state index is 14.2. The number of para-hydroxylation sites is 1. The van der Waals surface area contributed by atoms with Crippen molar-refractivity contribution >= 4 is 40.0 Å². The SMILES string of the molecule is Cc1ccc2nc3n(c(=O)c2c1)[C@H]1c2ccc(Cl)cc2C=C(c2ccccc2)N1c1ccccc1-3. The number of halogens is 1. The van der Waals surface area contributed by atoms with Crippen LogP contribution in [0.5, 0.6) is 0 Å². The third-order valence-corrected chi connectivity index (χ3v) is 7.13. The summed E-state index contributed by atoms with van der Waals surface area (Å²) in [6.07, 6.45) is 1.77. The molecular weight excluding hydrogens is 454 g/mol. The molecule has 5 aromatic rings. The smallest absolute Gasteiger partial charge is 0.263 e. The molecule has 0 saturated carbocycles. The van der Waals surface area contributed by atoms with Crippen molar-refractivity contribution in [2.24, 2.45) is 0 Å². The number of benzene rings is 4. The standard InChI is InChI=1S/C30H20ClN3O/c1-18-11-14-25-24(15-18)30(35)34-28(32-25)23-9-5-6-10-26(23)33-27(19-7-3-2-4-8-19)17-20-16-21(31)12-13-22(20)29(33)34/h2-17,29H,1H3/t29-/m0/s1. The molecule has 0 aliphatic carbocycles. The third kappa shape index (κ3) is 2.93. The number of anilines is 1. The van der Waals surface area contributed by atoms with E-state index in [4.69, 9.17) is 16.6 Å². The summed E-state index contributed by atoms with van der Waals surface area (Å²) in [5, 5.41) is 1.29. The molecule has 4 nitrogen and oxygen atoms in total. The first-order chi connectivity index (χ1) is 17.1. The number of aryl methyl sites for hydroxylation is 1. The van der Waals surface area contributed by atoms with Crippen LogP contribution in [-0.2, 0) is 0 Å². The van der Waals surface area contributed by atoms with E-state index in [2.05, 4.69) is 29.2 Å². The van der Waals surface area contributed by atoms with Crippen LogP contribution in [0.25, 0.3) is 34.1 Å². The van der Waals surface area contributed by atoms with E-state index >= 15 is 0 Å². The van der Waals surface area contributed by atoms with E-state index in [1.807, 2.05) is 84.3 Å². The Morgan fingerprint density at radius 1 is 0.886 bits per heavy atom. The Labute approximate surface area is 207 Å². The minimum atomic E-state index is -0.391. The van der Waals surface area contributed by atoms with Crippen molar-refractivity contribution in [3.63, 3.8) is 0 Å². The molecule has 0 unspecified atom stereocenters. The topological polar surface area (TPSA) is 38.1 Å². The van der Waals surface area contributed by atoms with Crippen molar-refractivity contribution in [3.8, 4) is 11.4 Å². The molecule has 0 radical (unpaired) electrons. The molecule has 7 rings (SSSR count). The van der Waals surface area contributed by atoms with Gasteiger partial charge in [-0.15, -0.1) is 0 Å².